The maximum Gasteiger partial charge on any atom is 0.257 e. The van der Waals surface area contributed by atoms with Crippen molar-refractivity contribution in [2.75, 3.05) is 33.3 Å². The number of fused-ring (bicyclic) bond motifs is 1. The van der Waals surface area contributed by atoms with Crippen molar-refractivity contribution in [2.45, 2.75) is 13.5 Å². The van der Waals surface area contributed by atoms with E-state index in [-0.39, 0.29) is 17.5 Å². The highest BCUT2D eigenvalue weighted by Crippen LogP contribution is 2.20. The highest BCUT2D eigenvalue weighted by molar-refractivity contribution is 5.97. The molecule has 3 heterocycles. The zero-order chi connectivity index (χ0) is 19.7. The number of carbonyl (C=O) groups is 1. The summed E-state index contributed by atoms with van der Waals surface area (Å²) in [4.78, 5) is 21.0. The van der Waals surface area contributed by atoms with E-state index in [1.54, 1.807) is 12.1 Å². The molecular weight excluding hydrogens is 363 g/mol. The topological polar surface area (TPSA) is 71.7 Å². The molecule has 0 radical (unpaired) electrons. The molecule has 1 fully saturated rings. The van der Waals surface area contributed by atoms with Gasteiger partial charge in [-0.05, 0) is 30.7 Å². The normalized spacial score (nSPS) is 15.2. The number of nitrogens with zero attached hydrogens (tertiary/aromatic N) is 4. The van der Waals surface area contributed by atoms with Crippen LogP contribution in [0.4, 0.5) is 4.39 Å². The summed E-state index contributed by atoms with van der Waals surface area (Å²) in [6.45, 7) is 5.12. The van der Waals surface area contributed by atoms with Crippen LogP contribution >= 0.6 is 0 Å². The number of piperazine rings is 1. The number of methoxy groups -OCH3 is 1. The minimum Gasteiger partial charge on any atom is -0.494 e. The fourth-order valence-electron chi connectivity index (χ4n) is 3.42. The predicted molar refractivity (Wildman–Crippen MR) is 101 cm³/mol. The van der Waals surface area contributed by atoms with Crippen LogP contribution < -0.4 is 4.74 Å². The maximum atomic E-state index is 13.9. The first-order valence-electron chi connectivity index (χ1n) is 9.11. The number of aryl methyl sites for hydroxylation is 1. The van der Waals surface area contributed by atoms with Gasteiger partial charge in [0.1, 0.15) is 0 Å². The summed E-state index contributed by atoms with van der Waals surface area (Å²) in [7, 11) is 1.45. The summed E-state index contributed by atoms with van der Waals surface area (Å²) in [6.07, 6.45) is 1.53. The van der Waals surface area contributed by atoms with Crippen LogP contribution in [0.5, 0.6) is 5.75 Å². The second kappa shape index (κ2) is 7.55. The second-order valence-corrected chi connectivity index (χ2v) is 6.88. The van der Waals surface area contributed by atoms with Crippen molar-refractivity contribution in [2.24, 2.45) is 0 Å². The van der Waals surface area contributed by atoms with Gasteiger partial charge < -0.3 is 14.2 Å². The maximum absolute atomic E-state index is 13.9. The minimum atomic E-state index is -0.360. The first-order valence-corrected chi connectivity index (χ1v) is 9.11. The Morgan fingerprint density at radius 2 is 2.04 bits per heavy atom. The van der Waals surface area contributed by atoms with Gasteiger partial charge in [-0.1, -0.05) is 11.2 Å². The van der Waals surface area contributed by atoms with Gasteiger partial charge in [0.05, 0.1) is 23.8 Å². The van der Waals surface area contributed by atoms with Crippen LogP contribution in [0.1, 0.15) is 21.6 Å². The number of hydrogen-bond acceptors (Lipinski definition) is 6. The minimum absolute atomic E-state index is 0.0508. The molecule has 4 rings (SSSR count). The Labute approximate surface area is 161 Å². The third kappa shape index (κ3) is 3.55. The molecule has 1 aliphatic heterocycles. The monoisotopic (exact) mass is 384 g/mol. The largest absolute Gasteiger partial charge is 0.494 e. The molecule has 0 N–H and O–H groups in total. The highest BCUT2D eigenvalue weighted by Gasteiger charge is 2.23. The standard InChI is InChI=1S/C20H21FN4O3/c1-13-16-10-15(11-22-19(16)28-23-13)20(26)25-7-5-24(6-8-25)12-14-3-4-18(27-2)17(21)9-14/h3-4,9-11H,5-8,12H2,1-2H3. The van der Waals surface area contributed by atoms with Gasteiger partial charge in [0.25, 0.3) is 11.6 Å². The van der Waals surface area contributed by atoms with E-state index in [0.29, 0.717) is 36.6 Å². The number of amides is 1. The van der Waals surface area contributed by atoms with E-state index >= 15 is 0 Å². The lowest BCUT2D eigenvalue weighted by Crippen LogP contribution is -2.48. The van der Waals surface area contributed by atoms with E-state index in [2.05, 4.69) is 15.0 Å². The average Bonchev–Trinajstić information content (AvgIpc) is 3.08. The van der Waals surface area contributed by atoms with Crippen LogP contribution in [0.15, 0.2) is 35.0 Å². The number of rotatable bonds is 4. The molecule has 3 aromatic rings. The number of pyridine rings is 1. The Bertz CT molecular complexity index is 1010. The van der Waals surface area contributed by atoms with E-state index < -0.39 is 0 Å². The van der Waals surface area contributed by atoms with Crippen LogP contribution in [0.25, 0.3) is 11.1 Å². The quantitative estimate of drug-likeness (QED) is 0.689. The second-order valence-electron chi connectivity index (χ2n) is 6.88. The lowest BCUT2D eigenvalue weighted by molar-refractivity contribution is 0.0628. The molecule has 1 saturated heterocycles. The molecule has 0 unspecified atom stereocenters. The molecule has 0 bridgehead atoms. The number of aromatic nitrogens is 2. The number of ether oxygens (including phenoxy) is 1. The molecule has 2 aromatic heterocycles. The lowest BCUT2D eigenvalue weighted by atomic mass is 10.1. The van der Waals surface area contributed by atoms with E-state index in [4.69, 9.17) is 9.26 Å². The number of halogens is 1. The Kier molecular flexibility index (Phi) is 4.95. The summed E-state index contributed by atoms with van der Waals surface area (Å²) in [5.41, 5.74) is 2.57. The highest BCUT2D eigenvalue weighted by atomic mass is 19.1. The first kappa shape index (κ1) is 18.4. The molecule has 1 aromatic carbocycles. The van der Waals surface area contributed by atoms with E-state index in [9.17, 15) is 9.18 Å². The Balaban J connectivity index is 1.38. The smallest absolute Gasteiger partial charge is 0.257 e. The molecule has 0 aliphatic carbocycles. The number of benzene rings is 1. The Morgan fingerprint density at radius 3 is 2.75 bits per heavy atom. The van der Waals surface area contributed by atoms with Crippen molar-refractivity contribution in [1.82, 2.24) is 19.9 Å². The summed E-state index contributed by atoms with van der Waals surface area (Å²) in [5.74, 6) is -0.168. The van der Waals surface area contributed by atoms with Crippen molar-refractivity contribution in [3.05, 3.63) is 53.1 Å². The van der Waals surface area contributed by atoms with Gasteiger partial charge in [-0.15, -0.1) is 0 Å². The van der Waals surface area contributed by atoms with Crippen molar-refractivity contribution in [1.29, 1.82) is 0 Å². The zero-order valence-electron chi connectivity index (χ0n) is 15.8. The molecule has 0 atom stereocenters. The predicted octanol–water partition coefficient (Wildman–Crippen LogP) is 2.64. The fourth-order valence-corrected chi connectivity index (χ4v) is 3.42. The van der Waals surface area contributed by atoms with Crippen molar-refractivity contribution in [3.63, 3.8) is 0 Å². The van der Waals surface area contributed by atoms with Crippen LogP contribution in [-0.4, -0.2) is 59.1 Å². The average molecular weight is 384 g/mol. The van der Waals surface area contributed by atoms with Gasteiger partial charge in [-0.3, -0.25) is 9.69 Å². The number of carbonyl (C=O) groups excluding carboxylic acids is 1. The van der Waals surface area contributed by atoms with E-state index in [1.165, 1.54) is 19.4 Å². The molecule has 1 aliphatic rings. The number of hydrogen-bond donors (Lipinski definition) is 0. The summed E-state index contributed by atoms with van der Waals surface area (Å²) in [5, 5.41) is 4.63. The zero-order valence-corrected chi connectivity index (χ0v) is 15.8. The van der Waals surface area contributed by atoms with Gasteiger partial charge in [-0.2, -0.15) is 0 Å². The van der Waals surface area contributed by atoms with E-state index in [1.807, 2.05) is 17.9 Å². The summed E-state index contributed by atoms with van der Waals surface area (Å²) in [6, 6.07) is 6.78. The SMILES string of the molecule is COc1ccc(CN2CCN(C(=O)c3cnc4onc(C)c4c3)CC2)cc1F. The molecule has 146 valence electrons. The molecule has 0 saturated carbocycles. The van der Waals surface area contributed by atoms with Crippen molar-refractivity contribution in [3.8, 4) is 5.75 Å². The Morgan fingerprint density at radius 1 is 1.25 bits per heavy atom. The van der Waals surface area contributed by atoms with Gasteiger partial charge in [-0.25, -0.2) is 9.37 Å². The molecule has 1 amide bonds. The summed E-state index contributed by atoms with van der Waals surface area (Å²) >= 11 is 0. The molecule has 0 spiro atoms. The van der Waals surface area contributed by atoms with Crippen LogP contribution in [0.2, 0.25) is 0 Å². The van der Waals surface area contributed by atoms with Gasteiger partial charge in [0.15, 0.2) is 11.6 Å². The van der Waals surface area contributed by atoms with Crippen LogP contribution in [-0.2, 0) is 6.54 Å². The van der Waals surface area contributed by atoms with Gasteiger partial charge in [0, 0.05) is 38.9 Å². The van der Waals surface area contributed by atoms with Gasteiger partial charge >= 0.3 is 0 Å². The third-order valence-corrected chi connectivity index (χ3v) is 5.04. The third-order valence-electron chi connectivity index (χ3n) is 5.04. The molecule has 7 nitrogen and oxygen atoms in total. The van der Waals surface area contributed by atoms with Crippen molar-refractivity contribution >= 4 is 17.0 Å². The molecule has 8 heteroatoms. The molecule has 28 heavy (non-hydrogen) atoms. The van der Waals surface area contributed by atoms with Gasteiger partial charge in [0.2, 0.25) is 0 Å². The van der Waals surface area contributed by atoms with E-state index in [0.717, 1.165) is 24.0 Å². The fraction of sp³-hybridized carbons (Fsp3) is 0.350. The lowest BCUT2D eigenvalue weighted by Gasteiger charge is -2.34. The van der Waals surface area contributed by atoms with Crippen molar-refractivity contribution < 1.29 is 18.4 Å². The summed E-state index contributed by atoms with van der Waals surface area (Å²) < 4.78 is 23.9. The Hall–Kier alpha value is -3.00. The molecular formula is C20H21FN4O3. The van der Waals surface area contributed by atoms with Crippen LogP contribution in [0, 0.1) is 12.7 Å². The van der Waals surface area contributed by atoms with Crippen LogP contribution in [0.3, 0.4) is 0 Å². The first-order chi connectivity index (χ1) is 13.5.